The lowest BCUT2D eigenvalue weighted by atomic mass is 9.89. The highest BCUT2D eigenvalue weighted by Crippen LogP contribution is 2.35. The summed E-state index contributed by atoms with van der Waals surface area (Å²) in [6.07, 6.45) is 3.55. The smallest absolute Gasteiger partial charge is 0.306 e. The van der Waals surface area contributed by atoms with Gasteiger partial charge in [-0.05, 0) is 42.9 Å². The molecular formula is C15H20O4. The van der Waals surface area contributed by atoms with Crippen LogP contribution < -0.4 is 9.47 Å². The van der Waals surface area contributed by atoms with Crippen molar-refractivity contribution in [3.05, 3.63) is 23.8 Å². The van der Waals surface area contributed by atoms with E-state index >= 15 is 0 Å². The fraction of sp³-hybridized carbons (Fsp3) is 0.533. The zero-order valence-corrected chi connectivity index (χ0v) is 11.4. The highest BCUT2D eigenvalue weighted by Gasteiger charge is 2.32. The van der Waals surface area contributed by atoms with Gasteiger partial charge in [-0.25, -0.2) is 0 Å². The van der Waals surface area contributed by atoms with Crippen molar-refractivity contribution in [1.29, 1.82) is 0 Å². The van der Waals surface area contributed by atoms with Crippen molar-refractivity contribution in [2.45, 2.75) is 25.7 Å². The molecule has 2 atom stereocenters. The molecule has 1 aliphatic carbocycles. The van der Waals surface area contributed by atoms with Gasteiger partial charge in [0.2, 0.25) is 0 Å². The summed E-state index contributed by atoms with van der Waals surface area (Å²) in [4.78, 5) is 11.2. The van der Waals surface area contributed by atoms with Gasteiger partial charge in [0.1, 0.15) is 11.5 Å². The van der Waals surface area contributed by atoms with Crippen LogP contribution in [0.15, 0.2) is 18.2 Å². The van der Waals surface area contributed by atoms with Gasteiger partial charge in [0.15, 0.2) is 0 Å². The zero-order valence-electron chi connectivity index (χ0n) is 11.4. The second kappa shape index (κ2) is 5.95. The highest BCUT2D eigenvalue weighted by molar-refractivity contribution is 5.70. The third-order valence-corrected chi connectivity index (χ3v) is 3.89. The van der Waals surface area contributed by atoms with Crippen LogP contribution in [0.2, 0.25) is 0 Å². The zero-order chi connectivity index (χ0) is 13.8. The van der Waals surface area contributed by atoms with Gasteiger partial charge in [-0.15, -0.1) is 0 Å². The number of benzene rings is 1. The first kappa shape index (κ1) is 13.7. The molecule has 104 valence electrons. The van der Waals surface area contributed by atoms with E-state index in [1.54, 1.807) is 14.2 Å². The lowest BCUT2D eigenvalue weighted by Gasteiger charge is -2.16. The number of rotatable bonds is 5. The second-order valence-corrected chi connectivity index (χ2v) is 5.06. The van der Waals surface area contributed by atoms with Crippen molar-refractivity contribution in [3.8, 4) is 11.5 Å². The Hall–Kier alpha value is -1.71. The monoisotopic (exact) mass is 264 g/mol. The van der Waals surface area contributed by atoms with Gasteiger partial charge in [0.05, 0.1) is 20.1 Å². The quantitative estimate of drug-likeness (QED) is 0.888. The van der Waals surface area contributed by atoms with Crippen LogP contribution in [0.1, 0.15) is 24.8 Å². The average molecular weight is 264 g/mol. The number of methoxy groups -OCH3 is 2. The van der Waals surface area contributed by atoms with Crippen molar-refractivity contribution < 1.29 is 19.4 Å². The fourth-order valence-electron chi connectivity index (χ4n) is 2.89. The molecule has 4 heteroatoms. The summed E-state index contributed by atoms with van der Waals surface area (Å²) in [6, 6.07) is 5.74. The third kappa shape index (κ3) is 3.19. The van der Waals surface area contributed by atoms with Crippen molar-refractivity contribution >= 4 is 5.97 Å². The predicted molar refractivity (Wildman–Crippen MR) is 71.7 cm³/mol. The molecule has 1 aromatic carbocycles. The first-order chi connectivity index (χ1) is 9.13. The minimum absolute atomic E-state index is 0.211. The molecule has 1 fully saturated rings. The molecule has 0 radical (unpaired) electrons. The minimum Gasteiger partial charge on any atom is -0.497 e. The van der Waals surface area contributed by atoms with Crippen LogP contribution in [-0.4, -0.2) is 25.3 Å². The van der Waals surface area contributed by atoms with Gasteiger partial charge in [-0.3, -0.25) is 4.79 Å². The van der Waals surface area contributed by atoms with Gasteiger partial charge < -0.3 is 14.6 Å². The molecule has 0 bridgehead atoms. The molecule has 0 amide bonds. The molecule has 0 saturated heterocycles. The lowest BCUT2D eigenvalue weighted by molar-refractivity contribution is -0.142. The maximum Gasteiger partial charge on any atom is 0.306 e. The van der Waals surface area contributed by atoms with E-state index in [-0.39, 0.29) is 11.8 Å². The van der Waals surface area contributed by atoms with E-state index in [1.165, 1.54) is 0 Å². The Morgan fingerprint density at radius 3 is 2.37 bits per heavy atom. The van der Waals surface area contributed by atoms with E-state index in [1.807, 2.05) is 18.2 Å². The molecule has 2 unspecified atom stereocenters. The summed E-state index contributed by atoms with van der Waals surface area (Å²) in [5, 5.41) is 9.21. The maximum absolute atomic E-state index is 11.2. The van der Waals surface area contributed by atoms with Gasteiger partial charge >= 0.3 is 5.97 Å². The topological polar surface area (TPSA) is 55.8 Å². The molecule has 1 saturated carbocycles. The lowest BCUT2D eigenvalue weighted by Crippen LogP contribution is -2.20. The summed E-state index contributed by atoms with van der Waals surface area (Å²) in [5.41, 5.74) is 1.08. The summed E-state index contributed by atoms with van der Waals surface area (Å²) < 4.78 is 10.5. The average Bonchev–Trinajstić information content (AvgIpc) is 2.86. The van der Waals surface area contributed by atoms with Crippen molar-refractivity contribution in [2.75, 3.05) is 14.2 Å². The summed E-state index contributed by atoms with van der Waals surface area (Å²) in [7, 11) is 3.24. The molecular weight excluding hydrogens is 244 g/mol. The Morgan fingerprint density at radius 1 is 1.21 bits per heavy atom. The van der Waals surface area contributed by atoms with E-state index in [0.29, 0.717) is 0 Å². The number of hydrogen-bond donors (Lipinski definition) is 1. The minimum atomic E-state index is -0.669. The SMILES string of the molecule is COc1cc(CC2CCCC2C(=O)O)cc(OC)c1. The second-order valence-electron chi connectivity index (χ2n) is 5.06. The van der Waals surface area contributed by atoms with Crippen LogP contribution in [-0.2, 0) is 11.2 Å². The van der Waals surface area contributed by atoms with Crippen LogP contribution in [0.4, 0.5) is 0 Å². The van der Waals surface area contributed by atoms with E-state index in [4.69, 9.17) is 9.47 Å². The van der Waals surface area contributed by atoms with Crippen LogP contribution in [0.5, 0.6) is 11.5 Å². The summed E-state index contributed by atoms with van der Waals surface area (Å²) in [6.45, 7) is 0. The molecule has 0 aromatic heterocycles. The fourth-order valence-corrected chi connectivity index (χ4v) is 2.89. The Balaban J connectivity index is 2.16. The van der Waals surface area contributed by atoms with Crippen LogP contribution in [0.25, 0.3) is 0 Å². The molecule has 1 N–H and O–H groups in total. The van der Waals surface area contributed by atoms with E-state index in [9.17, 15) is 9.90 Å². The molecule has 4 nitrogen and oxygen atoms in total. The summed E-state index contributed by atoms with van der Waals surface area (Å²) in [5.74, 6) is 0.835. The van der Waals surface area contributed by atoms with Crippen LogP contribution >= 0.6 is 0 Å². The number of aliphatic carboxylic acids is 1. The number of carboxylic acid groups (broad SMARTS) is 1. The van der Waals surface area contributed by atoms with Gasteiger partial charge in [-0.1, -0.05) is 6.42 Å². The first-order valence-corrected chi connectivity index (χ1v) is 6.58. The largest absolute Gasteiger partial charge is 0.497 e. The normalized spacial score (nSPS) is 22.2. The predicted octanol–water partition coefficient (Wildman–Crippen LogP) is 2.75. The van der Waals surface area contributed by atoms with E-state index in [2.05, 4.69) is 0 Å². The third-order valence-electron chi connectivity index (χ3n) is 3.89. The molecule has 0 spiro atoms. The van der Waals surface area contributed by atoms with Crippen molar-refractivity contribution in [2.24, 2.45) is 11.8 Å². The molecule has 1 aliphatic rings. The summed E-state index contributed by atoms with van der Waals surface area (Å²) >= 11 is 0. The number of carbonyl (C=O) groups is 1. The maximum atomic E-state index is 11.2. The van der Waals surface area contributed by atoms with E-state index in [0.717, 1.165) is 42.7 Å². The van der Waals surface area contributed by atoms with Crippen LogP contribution in [0, 0.1) is 11.8 Å². The Kier molecular flexibility index (Phi) is 4.30. The van der Waals surface area contributed by atoms with Gasteiger partial charge in [0, 0.05) is 6.07 Å². The van der Waals surface area contributed by atoms with Gasteiger partial charge in [-0.2, -0.15) is 0 Å². The van der Waals surface area contributed by atoms with Gasteiger partial charge in [0.25, 0.3) is 0 Å². The van der Waals surface area contributed by atoms with Crippen molar-refractivity contribution in [1.82, 2.24) is 0 Å². The Labute approximate surface area is 113 Å². The number of hydrogen-bond acceptors (Lipinski definition) is 3. The number of ether oxygens (including phenoxy) is 2. The van der Waals surface area contributed by atoms with Crippen LogP contribution in [0.3, 0.4) is 0 Å². The molecule has 1 aromatic rings. The Morgan fingerprint density at radius 2 is 1.84 bits per heavy atom. The molecule has 0 aliphatic heterocycles. The Bertz CT molecular complexity index is 433. The number of carboxylic acids is 1. The van der Waals surface area contributed by atoms with Crippen molar-refractivity contribution in [3.63, 3.8) is 0 Å². The molecule has 2 rings (SSSR count). The highest BCUT2D eigenvalue weighted by atomic mass is 16.5. The first-order valence-electron chi connectivity index (χ1n) is 6.58. The van der Waals surface area contributed by atoms with E-state index < -0.39 is 5.97 Å². The molecule has 19 heavy (non-hydrogen) atoms. The molecule has 0 heterocycles. The standard InChI is InChI=1S/C15H20O4/c1-18-12-7-10(8-13(9-12)19-2)6-11-4-3-5-14(11)15(16)17/h7-9,11,14H,3-6H2,1-2H3,(H,16,17).